The van der Waals surface area contributed by atoms with E-state index in [0.717, 1.165) is 5.56 Å². The molecule has 0 fully saturated rings. The van der Waals surface area contributed by atoms with E-state index in [4.69, 9.17) is 18.9 Å². The molecule has 0 amide bonds. The van der Waals surface area contributed by atoms with Crippen LogP contribution in [0.5, 0.6) is 11.5 Å². The highest BCUT2D eigenvalue weighted by Gasteiger charge is 2.14. The largest absolute Gasteiger partial charge is 0.467 e. The topological polar surface area (TPSA) is 63.2 Å². The van der Waals surface area contributed by atoms with Crippen molar-refractivity contribution < 1.29 is 28.5 Å². The van der Waals surface area contributed by atoms with Crippen molar-refractivity contribution in [1.29, 1.82) is 0 Å². The molecule has 0 aliphatic rings. The molecule has 106 valence electrons. The van der Waals surface area contributed by atoms with Crippen molar-refractivity contribution in [3.05, 3.63) is 23.3 Å². The lowest BCUT2D eigenvalue weighted by molar-refractivity contribution is 0.0441. The lowest BCUT2D eigenvalue weighted by atomic mass is 10.1. The van der Waals surface area contributed by atoms with E-state index in [-0.39, 0.29) is 13.6 Å². The minimum atomic E-state index is -0.468. The maximum atomic E-state index is 11.6. The standard InChI is InChI=1S/C13H18O6/c1-9-11(18-7-15-2)5-10(13(14)17-4)6-12(9)19-8-16-3/h5-6H,7-8H2,1-4H3. The predicted molar refractivity (Wildman–Crippen MR) is 67.5 cm³/mol. The first kappa shape index (κ1) is 15.3. The molecule has 0 saturated heterocycles. The zero-order valence-electron chi connectivity index (χ0n) is 11.5. The quantitative estimate of drug-likeness (QED) is 0.555. The highest BCUT2D eigenvalue weighted by molar-refractivity contribution is 5.90. The first-order chi connectivity index (χ1) is 9.13. The second-order valence-corrected chi connectivity index (χ2v) is 3.69. The SMILES string of the molecule is COCOc1cc(C(=O)OC)cc(OCOC)c1C. The summed E-state index contributed by atoms with van der Waals surface area (Å²) in [6.45, 7) is 1.97. The lowest BCUT2D eigenvalue weighted by Gasteiger charge is -2.14. The van der Waals surface area contributed by atoms with Gasteiger partial charge in [0.2, 0.25) is 0 Å². The van der Waals surface area contributed by atoms with Crippen molar-refractivity contribution in [2.45, 2.75) is 6.92 Å². The normalized spacial score (nSPS) is 10.1. The van der Waals surface area contributed by atoms with E-state index in [1.807, 2.05) is 6.92 Å². The van der Waals surface area contributed by atoms with Crippen molar-refractivity contribution in [3.63, 3.8) is 0 Å². The van der Waals surface area contributed by atoms with Crippen LogP contribution in [0.4, 0.5) is 0 Å². The van der Waals surface area contributed by atoms with E-state index in [0.29, 0.717) is 17.1 Å². The molecular weight excluding hydrogens is 252 g/mol. The molecule has 0 aliphatic heterocycles. The van der Waals surface area contributed by atoms with E-state index in [9.17, 15) is 4.79 Å². The third-order valence-electron chi connectivity index (χ3n) is 2.40. The Hall–Kier alpha value is -1.79. The Balaban J connectivity index is 3.09. The molecule has 0 unspecified atom stereocenters. The molecule has 0 heterocycles. The van der Waals surface area contributed by atoms with Crippen LogP contribution in [0.25, 0.3) is 0 Å². The van der Waals surface area contributed by atoms with Crippen molar-refractivity contribution in [2.24, 2.45) is 0 Å². The Kier molecular flexibility index (Phi) is 6.11. The van der Waals surface area contributed by atoms with Gasteiger partial charge in [0.05, 0.1) is 12.7 Å². The molecule has 6 heteroatoms. The first-order valence-corrected chi connectivity index (χ1v) is 5.60. The summed E-state index contributed by atoms with van der Waals surface area (Å²) in [6, 6.07) is 3.17. The van der Waals surface area contributed by atoms with Gasteiger partial charge < -0.3 is 23.7 Å². The van der Waals surface area contributed by atoms with Crippen LogP contribution >= 0.6 is 0 Å². The third-order valence-corrected chi connectivity index (χ3v) is 2.40. The monoisotopic (exact) mass is 270 g/mol. The van der Waals surface area contributed by atoms with E-state index in [1.165, 1.54) is 21.3 Å². The molecule has 0 atom stereocenters. The maximum absolute atomic E-state index is 11.6. The van der Waals surface area contributed by atoms with Crippen molar-refractivity contribution in [1.82, 2.24) is 0 Å². The molecule has 1 aromatic rings. The number of carbonyl (C=O) groups is 1. The number of hydrogen-bond donors (Lipinski definition) is 0. The second-order valence-electron chi connectivity index (χ2n) is 3.69. The maximum Gasteiger partial charge on any atom is 0.338 e. The summed E-state index contributed by atoms with van der Waals surface area (Å²) in [7, 11) is 4.34. The van der Waals surface area contributed by atoms with Crippen LogP contribution in [0.3, 0.4) is 0 Å². The van der Waals surface area contributed by atoms with Crippen LogP contribution in [-0.2, 0) is 14.2 Å². The Morgan fingerprint density at radius 1 is 1.00 bits per heavy atom. The Morgan fingerprint density at radius 2 is 1.47 bits per heavy atom. The van der Waals surface area contributed by atoms with E-state index in [1.54, 1.807) is 12.1 Å². The van der Waals surface area contributed by atoms with Gasteiger partial charge in [0.1, 0.15) is 11.5 Å². The molecule has 0 aliphatic carbocycles. The number of carbonyl (C=O) groups excluding carboxylic acids is 1. The summed E-state index contributed by atoms with van der Waals surface area (Å²) in [5, 5.41) is 0. The van der Waals surface area contributed by atoms with Crippen LogP contribution in [0.15, 0.2) is 12.1 Å². The third kappa shape index (κ3) is 4.11. The fourth-order valence-corrected chi connectivity index (χ4v) is 1.44. The van der Waals surface area contributed by atoms with Crippen molar-refractivity contribution in [2.75, 3.05) is 34.9 Å². The molecule has 0 N–H and O–H groups in total. The summed E-state index contributed by atoms with van der Waals surface area (Å²) < 4.78 is 25.2. The molecule has 0 radical (unpaired) electrons. The van der Waals surface area contributed by atoms with E-state index >= 15 is 0 Å². The average molecular weight is 270 g/mol. The average Bonchev–Trinajstić information content (AvgIpc) is 2.44. The molecule has 6 nitrogen and oxygen atoms in total. The van der Waals surface area contributed by atoms with Crippen LogP contribution < -0.4 is 9.47 Å². The van der Waals surface area contributed by atoms with Gasteiger partial charge in [-0.3, -0.25) is 0 Å². The highest BCUT2D eigenvalue weighted by Crippen LogP contribution is 2.30. The minimum Gasteiger partial charge on any atom is -0.467 e. The highest BCUT2D eigenvalue weighted by atomic mass is 16.7. The van der Waals surface area contributed by atoms with Crippen LogP contribution in [0.1, 0.15) is 15.9 Å². The molecule has 19 heavy (non-hydrogen) atoms. The number of rotatable bonds is 7. The summed E-state index contributed by atoms with van der Waals surface area (Å²) in [5.41, 5.74) is 1.09. The molecular formula is C13H18O6. The molecule has 0 saturated carbocycles. The molecule has 1 rings (SSSR count). The Morgan fingerprint density at radius 3 is 1.84 bits per heavy atom. The van der Waals surface area contributed by atoms with Gasteiger partial charge in [-0.15, -0.1) is 0 Å². The van der Waals surface area contributed by atoms with Gasteiger partial charge in [-0.2, -0.15) is 0 Å². The minimum absolute atomic E-state index is 0.0786. The summed E-state index contributed by atoms with van der Waals surface area (Å²) >= 11 is 0. The Bertz CT molecular complexity index is 400. The second kappa shape index (κ2) is 7.60. The fourth-order valence-electron chi connectivity index (χ4n) is 1.44. The lowest BCUT2D eigenvalue weighted by Crippen LogP contribution is -2.08. The Labute approximate surface area is 112 Å². The smallest absolute Gasteiger partial charge is 0.338 e. The summed E-state index contributed by atoms with van der Waals surface area (Å²) in [5.74, 6) is 0.524. The van der Waals surface area contributed by atoms with E-state index in [2.05, 4.69) is 4.74 Å². The first-order valence-electron chi connectivity index (χ1n) is 5.60. The van der Waals surface area contributed by atoms with Crippen LogP contribution in [0.2, 0.25) is 0 Å². The number of methoxy groups -OCH3 is 3. The zero-order valence-corrected chi connectivity index (χ0v) is 11.5. The number of benzene rings is 1. The van der Waals surface area contributed by atoms with Gasteiger partial charge >= 0.3 is 5.97 Å². The molecule has 1 aromatic carbocycles. The van der Waals surface area contributed by atoms with Gasteiger partial charge in [0, 0.05) is 19.8 Å². The summed E-state index contributed by atoms with van der Waals surface area (Å²) in [4.78, 5) is 11.6. The van der Waals surface area contributed by atoms with Gasteiger partial charge in [-0.1, -0.05) is 0 Å². The zero-order chi connectivity index (χ0) is 14.3. The molecule has 0 bridgehead atoms. The summed E-state index contributed by atoms with van der Waals surface area (Å²) in [6.07, 6.45) is 0. The van der Waals surface area contributed by atoms with Gasteiger partial charge in [-0.25, -0.2) is 4.79 Å². The fraction of sp³-hybridized carbons (Fsp3) is 0.462. The van der Waals surface area contributed by atoms with Gasteiger partial charge in [-0.05, 0) is 19.1 Å². The van der Waals surface area contributed by atoms with E-state index < -0.39 is 5.97 Å². The van der Waals surface area contributed by atoms with Crippen molar-refractivity contribution in [3.8, 4) is 11.5 Å². The van der Waals surface area contributed by atoms with Crippen molar-refractivity contribution >= 4 is 5.97 Å². The number of ether oxygens (including phenoxy) is 5. The van der Waals surface area contributed by atoms with Crippen LogP contribution in [-0.4, -0.2) is 40.9 Å². The number of esters is 1. The van der Waals surface area contributed by atoms with Crippen LogP contribution in [0, 0.1) is 6.92 Å². The molecule has 0 aromatic heterocycles. The van der Waals surface area contributed by atoms with Gasteiger partial charge in [0.15, 0.2) is 13.6 Å². The number of hydrogen-bond acceptors (Lipinski definition) is 6. The molecule has 0 spiro atoms. The van der Waals surface area contributed by atoms with Gasteiger partial charge in [0.25, 0.3) is 0 Å². The predicted octanol–water partition coefficient (Wildman–Crippen LogP) is 1.75.